The molecule has 0 radical (unpaired) electrons. The molecule has 61 heavy (non-hydrogen) atoms. The molecule has 0 aliphatic rings. The Labute approximate surface area is 376 Å². The molecule has 0 rings (SSSR count). The third-order valence-electron chi connectivity index (χ3n) is 10.8. The molecule has 6 nitrogen and oxygen atoms in total. The van der Waals surface area contributed by atoms with Crippen LogP contribution in [0.4, 0.5) is 0 Å². The highest BCUT2D eigenvalue weighted by Gasteiger charge is 2.19. The maximum atomic E-state index is 12.7. The normalized spacial score (nSPS) is 12.6. The molecule has 0 spiro atoms. The number of hydrogen-bond acceptors (Lipinski definition) is 6. The molecule has 0 fully saturated rings. The van der Waals surface area contributed by atoms with Crippen LogP contribution in [-0.4, -0.2) is 37.2 Å². The summed E-state index contributed by atoms with van der Waals surface area (Å²) in [6.45, 7) is 6.42. The van der Waals surface area contributed by atoms with Gasteiger partial charge < -0.3 is 14.2 Å². The van der Waals surface area contributed by atoms with Crippen LogP contribution in [0.15, 0.2) is 72.9 Å². The smallest absolute Gasteiger partial charge is 0.306 e. The standard InChI is InChI=1S/C55H94O6/c1-4-7-10-13-16-19-22-25-26-27-28-31-33-36-39-42-45-48-54(57)60-51-52(61-55(58)49-46-43-40-37-34-30-24-21-18-15-12-9-6-3)50-59-53(56)47-44-41-38-35-32-29-23-20-17-14-11-8-5-2/h9,12,15,18,21,24,29-30,32,34,37,40,52H,4-8,10-11,13-14,16-17,19-20,22-23,25-28,31,33,35-36,38-39,41-51H2,1-3H3/b12-9+,18-15+,24-21+,32-29+,34-30+,40-37+. The molecule has 0 amide bonds. The Balaban J connectivity index is 4.45. The van der Waals surface area contributed by atoms with Gasteiger partial charge >= 0.3 is 17.9 Å². The first kappa shape index (κ1) is 57.9. The van der Waals surface area contributed by atoms with E-state index in [0.29, 0.717) is 19.3 Å². The van der Waals surface area contributed by atoms with Crippen molar-refractivity contribution in [2.75, 3.05) is 13.2 Å². The number of carbonyl (C=O) groups excluding carboxylic acids is 3. The lowest BCUT2D eigenvalue weighted by molar-refractivity contribution is -0.167. The predicted octanol–water partition coefficient (Wildman–Crippen LogP) is 16.6. The molecule has 0 saturated carbocycles. The molecule has 0 aromatic rings. The largest absolute Gasteiger partial charge is 0.462 e. The number of rotatable bonds is 45. The second kappa shape index (κ2) is 49.5. The summed E-state index contributed by atoms with van der Waals surface area (Å²) in [6, 6.07) is 0. The summed E-state index contributed by atoms with van der Waals surface area (Å²) in [7, 11) is 0. The molecular weight excluding hydrogens is 757 g/mol. The summed E-state index contributed by atoms with van der Waals surface area (Å²) in [4.78, 5) is 37.9. The van der Waals surface area contributed by atoms with E-state index in [-0.39, 0.29) is 37.5 Å². The average Bonchev–Trinajstić information content (AvgIpc) is 3.26. The number of esters is 3. The van der Waals surface area contributed by atoms with Gasteiger partial charge in [0, 0.05) is 19.3 Å². The lowest BCUT2D eigenvalue weighted by Crippen LogP contribution is -2.30. The number of hydrogen-bond donors (Lipinski definition) is 0. The lowest BCUT2D eigenvalue weighted by atomic mass is 10.0. The fraction of sp³-hybridized carbons (Fsp3) is 0.727. The van der Waals surface area contributed by atoms with E-state index in [0.717, 1.165) is 64.2 Å². The first-order valence-corrected chi connectivity index (χ1v) is 25.5. The zero-order chi connectivity index (χ0) is 44.4. The van der Waals surface area contributed by atoms with Crippen molar-refractivity contribution < 1.29 is 28.6 Å². The van der Waals surface area contributed by atoms with Crippen molar-refractivity contribution >= 4 is 17.9 Å². The molecule has 1 atom stereocenters. The minimum absolute atomic E-state index is 0.107. The monoisotopic (exact) mass is 851 g/mol. The fourth-order valence-electron chi connectivity index (χ4n) is 7.00. The summed E-state index contributed by atoms with van der Waals surface area (Å²) in [6.07, 6.45) is 61.8. The van der Waals surface area contributed by atoms with Gasteiger partial charge in [-0.25, -0.2) is 0 Å². The number of ether oxygens (including phenoxy) is 3. The van der Waals surface area contributed by atoms with Crippen molar-refractivity contribution in [2.45, 2.75) is 245 Å². The Kier molecular flexibility index (Phi) is 46.9. The first-order valence-electron chi connectivity index (χ1n) is 25.5. The van der Waals surface area contributed by atoms with Crippen LogP contribution >= 0.6 is 0 Å². The topological polar surface area (TPSA) is 78.9 Å². The number of unbranched alkanes of at least 4 members (excludes halogenated alkanes) is 26. The SMILES string of the molecule is CC/C=C/C=C/C=C/C=C/C=C/CCCC(=O)OC(COC(=O)CCCCC/C=C/CCCCCCCC)COC(=O)CCCCCCCCCCCCCCCCCCC. The minimum Gasteiger partial charge on any atom is -0.462 e. The second-order valence-electron chi connectivity index (χ2n) is 16.8. The molecule has 0 aromatic carbocycles. The van der Waals surface area contributed by atoms with Gasteiger partial charge in [0.2, 0.25) is 0 Å². The van der Waals surface area contributed by atoms with Crippen LogP contribution in [0.5, 0.6) is 0 Å². The Bertz CT molecular complexity index is 1160. The molecule has 0 N–H and O–H groups in total. The van der Waals surface area contributed by atoms with Crippen molar-refractivity contribution in [1.82, 2.24) is 0 Å². The van der Waals surface area contributed by atoms with E-state index in [2.05, 4.69) is 39.0 Å². The molecule has 1 unspecified atom stereocenters. The molecule has 350 valence electrons. The first-order chi connectivity index (χ1) is 30.0. The van der Waals surface area contributed by atoms with Crippen molar-refractivity contribution in [3.63, 3.8) is 0 Å². The van der Waals surface area contributed by atoms with E-state index in [1.807, 2.05) is 54.7 Å². The highest BCUT2D eigenvalue weighted by molar-refractivity contribution is 5.71. The molecule has 0 bridgehead atoms. The number of allylic oxidation sites excluding steroid dienone is 12. The molecule has 0 saturated heterocycles. The molecule has 0 aliphatic heterocycles. The third kappa shape index (κ3) is 47.7. The Morgan fingerprint density at radius 2 is 0.672 bits per heavy atom. The predicted molar refractivity (Wildman–Crippen MR) is 261 cm³/mol. The van der Waals surface area contributed by atoms with Gasteiger partial charge in [-0.3, -0.25) is 14.4 Å². The van der Waals surface area contributed by atoms with E-state index in [9.17, 15) is 14.4 Å². The summed E-state index contributed by atoms with van der Waals surface area (Å²) in [5.74, 6) is -0.996. The van der Waals surface area contributed by atoms with Crippen molar-refractivity contribution in [3.8, 4) is 0 Å². The average molecular weight is 851 g/mol. The van der Waals surface area contributed by atoms with Gasteiger partial charge in [0.05, 0.1) is 0 Å². The van der Waals surface area contributed by atoms with Crippen molar-refractivity contribution in [1.29, 1.82) is 0 Å². The van der Waals surface area contributed by atoms with Crippen LogP contribution < -0.4 is 0 Å². The van der Waals surface area contributed by atoms with E-state index >= 15 is 0 Å². The van der Waals surface area contributed by atoms with Crippen LogP contribution in [0, 0.1) is 0 Å². The van der Waals surface area contributed by atoms with Gasteiger partial charge in [-0.05, 0) is 57.8 Å². The van der Waals surface area contributed by atoms with E-state index in [4.69, 9.17) is 14.2 Å². The van der Waals surface area contributed by atoms with Gasteiger partial charge in [0.1, 0.15) is 13.2 Å². The summed E-state index contributed by atoms with van der Waals surface area (Å²) in [5.41, 5.74) is 0. The van der Waals surface area contributed by atoms with E-state index in [1.165, 1.54) is 128 Å². The summed E-state index contributed by atoms with van der Waals surface area (Å²) < 4.78 is 16.7. The highest BCUT2D eigenvalue weighted by Crippen LogP contribution is 2.15. The second-order valence-corrected chi connectivity index (χ2v) is 16.8. The van der Waals surface area contributed by atoms with Crippen LogP contribution in [0.1, 0.15) is 239 Å². The summed E-state index contributed by atoms with van der Waals surface area (Å²) in [5, 5.41) is 0. The van der Waals surface area contributed by atoms with Crippen LogP contribution in [0.25, 0.3) is 0 Å². The van der Waals surface area contributed by atoms with Gasteiger partial charge in [-0.15, -0.1) is 0 Å². The molecule has 6 heteroatoms. The van der Waals surface area contributed by atoms with Gasteiger partial charge in [-0.2, -0.15) is 0 Å². The van der Waals surface area contributed by atoms with Gasteiger partial charge in [0.25, 0.3) is 0 Å². The van der Waals surface area contributed by atoms with Crippen molar-refractivity contribution in [2.24, 2.45) is 0 Å². The zero-order valence-corrected chi connectivity index (χ0v) is 39.9. The van der Waals surface area contributed by atoms with Gasteiger partial charge in [0.15, 0.2) is 6.10 Å². The van der Waals surface area contributed by atoms with Gasteiger partial charge in [-0.1, -0.05) is 235 Å². The molecule has 0 aromatic heterocycles. The Morgan fingerprint density at radius 3 is 1.10 bits per heavy atom. The quantitative estimate of drug-likeness (QED) is 0.0200. The summed E-state index contributed by atoms with van der Waals surface area (Å²) >= 11 is 0. The molecule has 0 heterocycles. The minimum atomic E-state index is -0.815. The van der Waals surface area contributed by atoms with Crippen LogP contribution in [0.3, 0.4) is 0 Å². The molecule has 0 aliphatic carbocycles. The highest BCUT2D eigenvalue weighted by atomic mass is 16.6. The van der Waals surface area contributed by atoms with Crippen LogP contribution in [-0.2, 0) is 28.6 Å². The maximum absolute atomic E-state index is 12.7. The zero-order valence-electron chi connectivity index (χ0n) is 39.9. The Morgan fingerprint density at radius 1 is 0.344 bits per heavy atom. The maximum Gasteiger partial charge on any atom is 0.306 e. The van der Waals surface area contributed by atoms with Crippen molar-refractivity contribution in [3.05, 3.63) is 72.9 Å². The van der Waals surface area contributed by atoms with E-state index in [1.54, 1.807) is 0 Å². The van der Waals surface area contributed by atoms with E-state index < -0.39 is 6.10 Å². The fourth-order valence-corrected chi connectivity index (χ4v) is 7.00. The number of carbonyl (C=O) groups is 3. The molecular formula is C55H94O6. The third-order valence-corrected chi connectivity index (χ3v) is 10.8. The Hall–Kier alpha value is -3.15. The van der Waals surface area contributed by atoms with Crippen LogP contribution in [0.2, 0.25) is 0 Å². The lowest BCUT2D eigenvalue weighted by Gasteiger charge is -2.18.